The standard InChI is InChI=1S/C16H22N4OS/c1-3-20(4-2)14(10-13-8-6-5-7-9-13)11-17-16(21)15-12-18-22-19-15/h5-9,12,14H,3-4,10-11H2,1-2H3,(H,17,21). The lowest BCUT2D eigenvalue weighted by Crippen LogP contribution is -2.45. The van der Waals surface area contributed by atoms with E-state index in [1.807, 2.05) is 18.2 Å². The van der Waals surface area contributed by atoms with Crippen LogP contribution in [0.2, 0.25) is 0 Å². The van der Waals surface area contributed by atoms with Crippen LogP contribution in [0.3, 0.4) is 0 Å². The van der Waals surface area contributed by atoms with Gasteiger partial charge in [0.25, 0.3) is 5.91 Å². The van der Waals surface area contributed by atoms with E-state index in [-0.39, 0.29) is 11.9 Å². The van der Waals surface area contributed by atoms with E-state index >= 15 is 0 Å². The van der Waals surface area contributed by atoms with Crippen LogP contribution in [-0.2, 0) is 6.42 Å². The van der Waals surface area contributed by atoms with Crippen LogP contribution in [0.25, 0.3) is 0 Å². The lowest BCUT2D eigenvalue weighted by Gasteiger charge is -2.30. The van der Waals surface area contributed by atoms with Gasteiger partial charge in [-0.05, 0) is 25.1 Å². The number of nitrogens with one attached hydrogen (secondary N) is 1. The summed E-state index contributed by atoms with van der Waals surface area (Å²) in [5, 5.41) is 2.98. The minimum Gasteiger partial charge on any atom is -0.349 e. The van der Waals surface area contributed by atoms with Crippen molar-refractivity contribution in [1.29, 1.82) is 0 Å². The van der Waals surface area contributed by atoms with Gasteiger partial charge in [0.2, 0.25) is 0 Å². The molecule has 0 saturated heterocycles. The zero-order chi connectivity index (χ0) is 15.8. The Kier molecular flexibility index (Phi) is 6.48. The highest BCUT2D eigenvalue weighted by Crippen LogP contribution is 2.09. The van der Waals surface area contributed by atoms with E-state index in [2.05, 4.69) is 44.9 Å². The van der Waals surface area contributed by atoms with E-state index in [1.54, 1.807) is 0 Å². The van der Waals surface area contributed by atoms with Gasteiger partial charge in [-0.15, -0.1) is 0 Å². The van der Waals surface area contributed by atoms with E-state index < -0.39 is 0 Å². The largest absolute Gasteiger partial charge is 0.349 e. The molecular weight excluding hydrogens is 296 g/mol. The zero-order valence-corrected chi connectivity index (χ0v) is 13.8. The third-order valence-electron chi connectivity index (χ3n) is 3.74. The number of likely N-dealkylation sites (N-methyl/N-ethyl adjacent to an activating group) is 1. The number of carbonyl (C=O) groups excluding carboxylic acids is 1. The molecule has 0 spiro atoms. The van der Waals surface area contributed by atoms with Gasteiger partial charge >= 0.3 is 0 Å². The predicted octanol–water partition coefficient (Wildman–Crippen LogP) is 2.22. The molecule has 6 heteroatoms. The smallest absolute Gasteiger partial charge is 0.272 e. The normalized spacial score (nSPS) is 12.3. The molecule has 118 valence electrons. The molecule has 1 atom stereocenters. The Bertz CT molecular complexity index is 555. The molecule has 1 N–H and O–H groups in total. The molecule has 0 bridgehead atoms. The molecule has 2 rings (SSSR count). The molecule has 2 aromatic rings. The number of amides is 1. The van der Waals surface area contributed by atoms with Gasteiger partial charge in [0.15, 0.2) is 5.69 Å². The third-order valence-corrected chi connectivity index (χ3v) is 4.21. The lowest BCUT2D eigenvalue weighted by atomic mass is 10.0. The summed E-state index contributed by atoms with van der Waals surface area (Å²) in [7, 11) is 0. The van der Waals surface area contributed by atoms with Crippen molar-refractivity contribution in [1.82, 2.24) is 19.0 Å². The fourth-order valence-corrected chi connectivity index (χ4v) is 2.93. The second kappa shape index (κ2) is 8.60. The van der Waals surface area contributed by atoms with Gasteiger partial charge in [0, 0.05) is 12.6 Å². The minimum absolute atomic E-state index is 0.154. The highest BCUT2D eigenvalue weighted by Gasteiger charge is 2.18. The summed E-state index contributed by atoms with van der Waals surface area (Å²) < 4.78 is 7.83. The van der Waals surface area contributed by atoms with Crippen molar-refractivity contribution in [3.63, 3.8) is 0 Å². The third kappa shape index (κ3) is 4.61. The molecule has 1 aromatic heterocycles. The van der Waals surface area contributed by atoms with Gasteiger partial charge in [-0.25, -0.2) is 0 Å². The maximum Gasteiger partial charge on any atom is 0.272 e. The maximum atomic E-state index is 12.0. The summed E-state index contributed by atoms with van der Waals surface area (Å²) in [6.07, 6.45) is 2.42. The SMILES string of the molecule is CCN(CC)C(CNC(=O)c1cnsn1)Cc1ccccc1. The van der Waals surface area contributed by atoms with Crippen LogP contribution >= 0.6 is 11.7 Å². The van der Waals surface area contributed by atoms with Crippen molar-refractivity contribution in [3.05, 3.63) is 47.8 Å². The van der Waals surface area contributed by atoms with E-state index in [0.29, 0.717) is 12.2 Å². The lowest BCUT2D eigenvalue weighted by molar-refractivity contribution is 0.0930. The number of carbonyl (C=O) groups is 1. The van der Waals surface area contributed by atoms with Crippen molar-refractivity contribution in [2.45, 2.75) is 26.3 Å². The number of hydrogen-bond acceptors (Lipinski definition) is 5. The molecule has 0 saturated carbocycles. The molecule has 0 aliphatic carbocycles. The van der Waals surface area contributed by atoms with Gasteiger partial charge in [-0.3, -0.25) is 9.69 Å². The molecule has 0 aliphatic rings. The predicted molar refractivity (Wildman–Crippen MR) is 89.1 cm³/mol. The maximum absolute atomic E-state index is 12.0. The summed E-state index contributed by atoms with van der Waals surface area (Å²) in [6, 6.07) is 10.6. The first kappa shape index (κ1) is 16.6. The van der Waals surface area contributed by atoms with Crippen molar-refractivity contribution in [2.75, 3.05) is 19.6 Å². The van der Waals surface area contributed by atoms with E-state index in [9.17, 15) is 4.79 Å². The van der Waals surface area contributed by atoms with E-state index in [1.165, 1.54) is 11.8 Å². The van der Waals surface area contributed by atoms with Gasteiger partial charge in [0.1, 0.15) is 0 Å². The first-order valence-electron chi connectivity index (χ1n) is 7.58. The minimum atomic E-state index is -0.154. The number of nitrogens with zero attached hydrogens (tertiary/aromatic N) is 3. The van der Waals surface area contributed by atoms with Crippen molar-refractivity contribution >= 4 is 17.6 Å². The summed E-state index contributed by atoms with van der Waals surface area (Å²) in [5.74, 6) is -0.154. The summed E-state index contributed by atoms with van der Waals surface area (Å²) in [4.78, 5) is 14.4. The molecule has 0 aliphatic heterocycles. The second-order valence-electron chi connectivity index (χ2n) is 5.07. The van der Waals surface area contributed by atoms with Crippen LogP contribution in [0.5, 0.6) is 0 Å². The summed E-state index contributed by atoms with van der Waals surface area (Å²) in [6.45, 7) is 6.82. The average molecular weight is 318 g/mol. The van der Waals surface area contributed by atoms with Gasteiger partial charge < -0.3 is 5.32 Å². The van der Waals surface area contributed by atoms with Crippen molar-refractivity contribution in [3.8, 4) is 0 Å². The first-order valence-corrected chi connectivity index (χ1v) is 8.31. The quantitative estimate of drug-likeness (QED) is 0.811. The second-order valence-corrected chi connectivity index (χ2v) is 5.62. The van der Waals surface area contributed by atoms with Crippen LogP contribution in [0, 0.1) is 0 Å². The van der Waals surface area contributed by atoms with Crippen molar-refractivity contribution < 1.29 is 4.79 Å². The fourth-order valence-electron chi connectivity index (χ4n) is 2.52. The van der Waals surface area contributed by atoms with Crippen LogP contribution in [0.4, 0.5) is 0 Å². The highest BCUT2D eigenvalue weighted by molar-refractivity contribution is 6.99. The molecular formula is C16H22N4OS. The number of aromatic nitrogens is 2. The molecule has 1 heterocycles. The summed E-state index contributed by atoms with van der Waals surface area (Å²) >= 11 is 1.05. The molecule has 22 heavy (non-hydrogen) atoms. The highest BCUT2D eigenvalue weighted by atomic mass is 32.1. The van der Waals surface area contributed by atoms with Gasteiger partial charge in [-0.2, -0.15) is 8.75 Å². The number of rotatable bonds is 8. The van der Waals surface area contributed by atoms with Gasteiger partial charge in [-0.1, -0.05) is 44.2 Å². The number of benzene rings is 1. The zero-order valence-electron chi connectivity index (χ0n) is 13.0. The van der Waals surface area contributed by atoms with Crippen molar-refractivity contribution in [2.24, 2.45) is 0 Å². The van der Waals surface area contributed by atoms with E-state index in [0.717, 1.165) is 31.2 Å². The number of hydrogen-bond donors (Lipinski definition) is 1. The van der Waals surface area contributed by atoms with Crippen LogP contribution in [0.1, 0.15) is 29.9 Å². The molecule has 0 fully saturated rings. The molecule has 5 nitrogen and oxygen atoms in total. The molecule has 1 amide bonds. The Morgan fingerprint density at radius 3 is 2.59 bits per heavy atom. The monoisotopic (exact) mass is 318 g/mol. The molecule has 1 unspecified atom stereocenters. The van der Waals surface area contributed by atoms with Crippen LogP contribution in [-0.4, -0.2) is 45.2 Å². The first-order chi connectivity index (χ1) is 10.7. The topological polar surface area (TPSA) is 58.1 Å². The Balaban J connectivity index is 1.99. The Labute approximate surface area is 135 Å². The Morgan fingerprint density at radius 2 is 2.00 bits per heavy atom. The Morgan fingerprint density at radius 1 is 1.27 bits per heavy atom. The summed E-state index contributed by atoms with van der Waals surface area (Å²) in [5.41, 5.74) is 1.67. The molecule has 0 radical (unpaired) electrons. The Hall–Kier alpha value is -1.79. The van der Waals surface area contributed by atoms with Gasteiger partial charge in [0.05, 0.1) is 17.9 Å². The fraction of sp³-hybridized carbons (Fsp3) is 0.438. The molecule has 1 aromatic carbocycles. The van der Waals surface area contributed by atoms with E-state index in [4.69, 9.17) is 0 Å². The average Bonchev–Trinajstić information content (AvgIpc) is 3.08. The van der Waals surface area contributed by atoms with Crippen LogP contribution < -0.4 is 5.32 Å². The van der Waals surface area contributed by atoms with Crippen LogP contribution in [0.15, 0.2) is 36.5 Å².